The molecule has 1 amide bonds. The summed E-state index contributed by atoms with van der Waals surface area (Å²) < 4.78 is 5.63. The zero-order valence-electron chi connectivity index (χ0n) is 16.2. The van der Waals surface area contributed by atoms with Crippen LogP contribution in [0.2, 0.25) is 0 Å². The van der Waals surface area contributed by atoms with E-state index in [0.29, 0.717) is 17.4 Å². The van der Waals surface area contributed by atoms with Crippen LogP contribution in [0.4, 0.5) is 17.1 Å². The molecule has 27 heavy (non-hydrogen) atoms. The van der Waals surface area contributed by atoms with Gasteiger partial charge in [-0.15, -0.1) is 0 Å². The average Bonchev–Trinajstić information content (AvgIpc) is 2.67. The van der Waals surface area contributed by atoms with Crippen LogP contribution >= 0.6 is 0 Å². The zero-order chi connectivity index (χ0) is 19.2. The minimum Gasteiger partial charge on any atom is -0.484 e. The molecule has 0 atom stereocenters. The van der Waals surface area contributed by atoms with E-state index in [4.69, 9.17) is 10.5 Å². The van der Waals surface area contributed by atoms with Crippen LogP contribution in [0.25, 0.3) is 0 Å². The van der Waals surface area contributed by atoms with Crippen molar-refractivity contribution in [1.82, 2.24) is 0 Å². The van der Waals surface area contributed by atoms with E-state index in [-0.39, 0.29) is 12.5 Å². The summed E-state index contributed by atoms with van der Waals surface area (Å²) in [5, 5.41) is 2.96. The number of amides is 1. The van der Waals surface area contributed by atoms with E-state index in [0.717, 1.165) is 24.5 Å². The van der Waals surface area contributed by atoms with Crippen molar-refractivity contribution in [3.05, 3.63) is 48.0 Å². The smallest absolute Gasteiger partial charge is 0.262 e. The van der Waals surface area contributed by atoms with Gasteiger partial charge in [0, 0.05) is 18.8 Å². The molecule has 1 fully saturated rings. The molecule has 5 nitrogen and oxygen atoms in total. The van der Waals surface area contributed by atoms with Crippen LogP contribution in [0.3, 0.4) is 0 Å². The van der Waals surface area contributed by atoms with E-state index in [1.54, 1.807) is 0 Å². The molecule has 0 aromatic heterocycles. The monoisotopic (exact) mass is 367 g/mol. The topological polar surface area (TPSA) is 67.6 Å². The lowest BCUT2D eigenvalue weighted by molar-refractivity contribution is -0.118. The molecule has 1 aliphatic rings. The van der Waals surface area contributed by atoms with Gasteiger partial charge in [-0.25, -0.2) is 0 Å². The highest BCUT2D eigenvalue weighted by Gasteiger charge is 2.16. The van der Waals surface area contributed by atoms with Crippen LogP contribution in [0.5, 0.6) is 5.75 Å². The second-order valence-electron chi connectivity index (χ2n) is 7.38. The fraction of sp³-hybridized carbons (Fsp3) is 0.409. The van der Waals surface area contributed by atoms with Gasteiger partial charge in [0.1, 0.15) is 5.75 Å². The largest absolute Gasteiger partial charge is 0.484 e. The number of rotatable bonds is 6. The molecule has 1 aliphatic heterocycles. The van der Waals surface area contributed by atoms with E-state index in [1.165, 1.54) is 24.8 Å². The molecule has 0 bridgehead atoms. The Morgan fingerprint density at radius 3 is 2.48 bits per heavy atom. The van der Waals surface area contributed by atoms with Crippen LogP contribution in [0, 0.1) is 0 Å². The Morgan fingerprint density at radius 1 is 1.11 bits per heavy atom. The molecular formula is C22H29N3O2. The third-order valence-electron chi connectivity index (χ3n) is 4.91. The van der Waals surface area contributed by atoms with Crippen LogP contribution < -0.4 is 20.7 Å². The SMILES string of the molecule is CC(C)c1ccc(OCC(=O)Nc2cc(N)ccc2N2CCCCC2)cc1. The number of hydrogen-bond acceptors (Lipinski definition) is 4. The van der Waals surface area contributed by atoms with Crippen molar-refractivity contribution in [3.63, 3.8) is 0 Å². The maximum absolute atomic E-state index is 12.4. The van der Waals surface area contributed by atoms with Gasteiger partial charge in [0.2, 0.25) is 0 Å². The molecule has 0 unspecified atom stereocenters. The fourth-order valence-corrected chi connectivity index (χ4v) is 3.35. The number of ether oxygens (including phenoxy) is 1. The first-order valence-corrected chi connectivity index (χ1v) is 9.70. The molecule has 144 valence electrons. The minimum absolute atomic E-state index is 0.0325. The highest BCUT2D eigenvalue weighted by Crippen LogP contribution is 2.30. The van der Waals surface area contributed by atoms with Crippen LogP contribution in [0.1, 0.15) is 44.6 Å². The average molecular weight is 367 g/mol. The Hall–Kier alpha value is -2.69. The molecule has 0 saturated carbocycles. The van der Waals surface area contributed by atoms with E-state index >= 15 is 0 Å². The summed E-state index contributed by atoms with van der Waals surface area (Å²) in [5.41, 5.74) is 9.60. The van der Waals surface area contributed by atoms with Crippen molar-refractivity contribution >= 4 is 23.0 Å². The molecule has 1 heterocycles. The minimum atomic E-state index is -0.188. The summed E-state index contributed by atoms with van der Waals surface area (Å²) in [7, 11) is 0. The summed E-state index contributed by atoms with van der Waals surface area (Å²) in [5.74, 6) is 0.976. The third kappa shape index (κ3) is 5.16. The number of hydrogen-bond donors (Lipinski definition) is 2. The Bertz CT molecular complexity index is 766. The number of nitrogens with one attached hydrogen (secondary N) is 1. The van der Waals surface area contributed by atoms with Crippen LogP contribution in [-0.2, 0) is 4.79 Å². The van der Waals surface area contributed by atoms with Crippen molar-refractivity contribution in [2.75, 3.05) is 35.6 Å². The van der Waals surface area contributed by atoms with Crippen molar-refractivity contribution in [3.8, 4) is 5.75 Å². The van der Waals surface area contributed by atoms with Crippen molar-refractivity contribution in [2.45, 2.75) is 39.0 Å². The molecule has 0 spiro atoms. The van der Waals surface area contributed by atoms with Gasteiger partial charge in [0.25, 0.3) is 5.91 Å². The lowest BCUT2D eigenvalue weighted by Gasteiger charge is -2.30. The summed E-state index contributed by atoms with van der Waals surface area (Å²) in [6.45, 7) is 6.27. The summed E-state index contributed by atoms with van der Waals surface area (Å²) in [6, 6.07) is 13.6. The van der Waals surface area contributed by atoms with Gasteiger partial charge >= 0.3 is 0 Å². The van der Waals surface area contributed by atoms with Crippen molar-refractivity contribution in [2.24, 2.45) is 0 Å². The van der Waals surface area contributed by atoms with Gasteiger partial charge in [0.15, 0.2) is 6.61 Å². The first-order chi connectivity index (χ1) is 13.0. The molecule has 3 N–H and O–H groups in total. The predicted octanol–water partition coefficient (Wildman–Crippen LogP) is 4.40. The molecule has 2 aromatic rings. The second kappa shape index (κ2) is 8.80. The number of piperidine rings is 1. The van der Waals surface area contributed by atoms with Gasteiger partial charge in [0.05, 0.1) is 11.4 Å². The Balaban J connectivity index is 1.62. The van der Waals surface area contributed by atoms with Crippen molar-refractivity contribution in [1.29, 1.82) is 0 Å². The van der Waals surface area contributed by atoms with Gasteiger partial charge in [-0.1, -0.05) is 26.0 Å². The maximum atomic E-state index is 12.4. The Labute approximate surface area is 161 Å². The van der Waals surface area contributed by atoms with E-state index in [1.807, 2.05) is 42.5 Å². The quantitative estimate of drug-likeness (QED) is 0.743. The van der Waals surface area contributed by atoms with Crippen LogP contribution in [-0.4, -0.2) is 25.6 Å². The first kappa shape index (κ1) is 19.1. The van der Waals surface area contributed by atoms with Crippen LogP contribution in [0.15, 0.2) is 42.5 Å². The number of nitrogens with zero attached hydrogens (tertiary/aromatic N) is 1. The lowest BCUT2D eigenvalue weighted by Crippen LogP contribution is -2.31. The molecular weight excluding hydrogens is 338 g/mol. The number of benzene rings is 2. The first-order valence-electron chi connectivity index (χ1n) is 9.70. The number of nitrogens with two attached hydrogens (primary N) is 1. The zero-order valence-corrected chi connectivity index (χ0v) is 16.2. The Morgan fingerprint density at radius 2 is 1.81 bits per heavy atom. The predicted molar refractivity (Wildman–Crippen MR) is 112 cm³/mol. The van der Waals surface area contributed by atoms with Crippen molar-refractivity contribution < 1.29 is 9.53 Å². The maximum Gasteiger partial charge on any atom is 0.262 e. The second-order valence-corrected chi connectivity index (χ2v) is 7.38. The molecule has 1 saturated heterocycles. The number of anilines is 3. The van der Waals surface area contributed by atoms with Gasteiger partial charge in [-0.05, 0) is 61.1 Å². The third-order valence-corrected chi connectivity index (χ3v) is 4.91. The summed E-state index contributed by atoms with van der Waals surface area (Å²) in [4.78, 5) is 14.7. The van der Waals surface area contributed by atoms with E-state index < -0.39 is 0 Å². The van der Waals surface area contributed by atoms with E-state index in [2.05, 4.69) is 24.1 Å². The molecule has 0 aliphatic carbocycles. The highest BCUT2D eigenvalue weighted by molar-refractivity contribution is 5.96. The van der Waals surface area contributed by atoms with Gasteiger partial charge < -0.3 is 20.7 Å². The summed E-state index contributed by atoms with van der Waals surface area (Å²) in [6.07, 6.45) is 3.61. The standard InChI is InChI=1S/C22H29N3O2/c1-16(2)17-6-9-19(10-7-17)27-15-22(26)24-20-14-18(23)8-11-21(20)25-12-4-3-5-13-25/h6-11,14,16H,3-5,12-13,15,23H2,1-2H3,(H,24,26). The number of nitrogen functional groups attached to an aromatic ring is 1. The van der Waals surface area contributed by atoms with Gasteiger partial charge in [-0.2, -0.15) is 0 Å². The van der Waals surface area contributed by atoms with E-state index in [9.17, 15) is 4.79 Å². The molecule has 3 rings (SSSR count). The number of carbonyl (C=O) groups is 1. The lowest BCUT2D eigenvalue weighted by atomic mass is 10.0. The molecule has 5 heteroatoms. The highest BCUT2D eigenvalue weighted by atomic mass is 16.5. The molecule has 0 radical (unpaired) electrons. The normalized spacial score (nSPS) is 14.3. The fourth-order valence-electron chi connectivity index (χ4n) is 3.35. The molecule has 2 aromatic carbocycles. The number of carbonyl (C=O) groups excluding carboxylic acids is 1. The van der Waals surface area contributed by atoms with Gasteiger partial charge in [-0.3, -0.25) is 4.79 Å². The Kier molecular flexibility index (Phi) is 6.22. The summed E-state index contributed by atoms with van der Waals surface area (Å²) >= 11 is 0.